The molecule has 2 aliphatic rings. The van der Waals surface area contributed by atoms with Crippen LogP contribution in [0.1, 0.15) is 43.2 Å². The van der Waals surface area contributed by atoms with Crippen LogP contribution in [0.5, 0.6) is 0 Å². The number of rotatable bonds is 4. The van der Waals surface area contributed by atoms with E-state index in [-0.39, 0.29) is 0 Å². The van der Waals surface area contributed by atoms with Crippen LogP contribution in [0.3, 0.4) is 0 Å². The minimum Gasteiger partial charge on any atom is -0.394 e. The molecular formula is C21H26O2Si. The van der Waals surface area contributed by atoms with Crippen LogP contribution in [0.4, 0.5) is 0 Å². The summed E-state index contributed by atoms with van der Waals surface area (Å²) in [4.78, 5) is 0. The molecule has 2 nitrogen and oxygen atoms in total. The lowest BCUT2D eigenvalue weighted by molar-refractivity contribution is 0.232. The van der Waals surface area contributed by atoms with E-state index in [1.807, 2.05) is 14.2 Å². The van der Waals surface area contributed by atoms with Crippen LogP contribution < -0.4 is 5.19 Å². The van der Waals surface area contributed by atoms with Gasteiger partial charge in [-0.05, 0) is 46.7 Å². The molecule has 126 valence electrons. The normalized spacial score (nSPS) is 17.6. The second-order valence-electron chi connectivity index (χ2n) is 7.08. The molecule has 0 aliphatic heterocycles. The van der Waals surface area contributed by atoms with Gasteiger partial charge in [-0.15, -0.1) is 0 Å². The fourth-order valence-corrected chi connectivity index (χ4v) is 8.68. The Morgan fingerprint density at radius 2 is 1.54 bits per heavy atom. The van der Waals surface area contributed by atoms with E-state index in [9.17, 15) is 0 Å². The van der Waals surface area contributed by atoms with Crippen molar-refractivity contribution in [2.75, 3.05) is 14.2 Å². The summed E-state index contributed by atoms with van der Waals surface area (Å²) in [5, 5.41) is 1.37. The van der Waals surface area contributed by atoms with Gasteiger partial charge < -0.3 is 8.85 Å². The zero-order valence-corrected chi connectivity index (χ0v) is 15.7. The van der Waals surface area contributed by atoms with Gasteiger partial charge in [-0.2, -0.15) is 0 Å². The van der Waals surface area contributed by atoms with Crippen LogP contribution in [0.15, 0.2) is 42.5 Å². The molecule has 0 heterocycles. The van der Waals surface area contributed by atoms with Gasteiger partial charge in [0.2, 0.25) is 0 Å². The highest BCUT2D eigenvalue weighted by atomic mass is 28.4. The molecule has 0 aromatic heterocycles. The highest BCUT2D eigenvalue weighted by Gasteiger charge is 2.48. The number of hydrogen-bond donors (Lipinski definition) is 0. The monoisotopic (exact) mass is 338 g/mol. The SMILES string of the molecule is CO[Si](OC)(c1cccc2c1Cc1ccccc1-2)C1CCCCC1. The largest absolute Gasteiger partial charge is 0.394 e. The van der Waals surface area contributed by atoms with Crippen molar-refractivity contribution in [2.45, 2.75) is 44.1 Å². The Morgan fingerprint density at radius 1 is 0.833 bits per heavy atom. The van der Waals surface area contributed by atoms with E-state index in [1.54, 1.807) is 0 Å². The van der Waals surface area contributed by atoms with Gasteiger partial charge in [0.25, 0.3) is 0 Å². The summed E-state index contributed by atoms with van der Waals surface area (Å²) in [6, 6.07) is 15.5. The summed E-state index contributed by atoms with van der Waals surface area (Å²) in [7, 11) is 1.32. The highest BCUT2D eigenvalue weighted by Crippen LogP contribution is 2.41. The Balaban J connectivity index is 1.83. The van der Waals surface area contributed by atoms with E-state index in [0.717, 1.165) is 6.42 Å². The lowest BCUT2D eigenvalue weighted by Crippen LogP contribution is -2.57. The Morgan fingerprint density at radius 3 is 2.29 bits per heavy atom. The summed E-state index contributed by atoms with van der Waals surface area (Å²) in [5.74, 6) is 0. The zero-order valence-electron chi connectivity index (χ0n) is 14.7. The highest BCUT2D eigenvalue weighted by molar-refractivity contribution is 6.82. The molecule has 1 saturated carbocycles. The summed E-state index contributed by atoms with van der Waals surface area (Å²) < 4.78 is 12.5. The second kappa shape index (κ2) is 6.47. The van der Waals surface area contributed by atoms with Gasteiger partial charge in [-0.1, -0.05) is 61.7 Å². The molecule has 0 spiro atoms. The summed E-state index contributed by atoms with van der Waals surface area (Å²) >= 11 is 0. The molecule has 3 heteroatoms. The summed E-state index contributed by atoms with van der Waals surface area (Å²) in [6.45, 7) is 0. The standard InChI is InChI=1S/C21H26O2Si/c1-22-24(23-2,17-10-4-3-5-11-17)21-14-8-13-19-18-12-7-6-9-16(18)15-20(19)21/h6-9,12-14,17H,3-5,10-11,15H2,1-2H3. The van der Waals surface area contributed by atoms with Crippen molar-refractivity contribution in [1.29, 1.82) is 0 Å². The van der Waals surface area contributed by atoms with Crippen LogP contribution in [0.2, 0.25) is 5.54 Å². The van der Waals surface area contributed by atoms with E-state index >= 15 is 0 Å². The first-order valence-electron chi connectivity index (χ1n) is 9.11. The van der Waals surface area contributed by atoms with Crippen molar-refractivity contribution in [3.63, 3.8) is 0 Å². The van der Waals surface area contributed by atoms with Gasteiger partial charge in [-0.3, -0.25) is 0 Å². The van der Waals surface area contributed by atoms with Crippen molar-refractivity contribution in [3.8, 4) is 11.1 Å². The van der Waals surface area contributed by atoms with Crippen LogP contribution >= 0.6 is 0 Å². The molecule has 0 radical (unpaired) electrons. The van der Waals surface area contributed by atoms with Crippen molar-refractivity contribution in [2.24, 2.45) is 0 Å². The Labute approximate surface area is 146 Å². The number of fused-ring (bicyclic) bond motifs is 3. The van der Waals surface area contributed by atoms with Gasteiger partial charge in [0.05, 0.1) is 0 Å². The third-order valence-electron chi connectivity index (χ3n) is 5.98. The Kier molecular flexibility index (Phi) is 4.33. The van der Waals surface area contributed by atoms with Crippen LogP contribution in [0.25, 0.3) is 11.1 Å². The maximum Gasteiger partial charge on any atom is 0.375 e. The summed E-state index contributed by atoms with van der Waals surface area (Å²) in [6.07, 6.45) is 7.46. The zero-order chi connectivity index (χ0) is 16.6. The second-order valence-corrected chi connectivity index (χ2v) is 10.6. The fraction of sp³-hybridized carbons (Fsp3) is 0.429. The third kappa shape index (κ3) is 2.38. The first kappa shape index (κ1) is 16.1. The molecule has 2 aromatic carbocycles. The quantitative estimate of drug-likeness (QED) is 0.651. The lowest BCUT2D eigenvalue weighted by atomic mass is 10.0. The first-order valence-corrected chi connectivity index (χ1v) is 11.0. The summed E-state index contributed by atoms with van der Waals surface area (Å²) in [5.41, 5.74) is 6.20. The lowest BCUT2D eigenvalue weighted by Gasteiger charge is -2.38. The predicted octanol–water partition coefficient (Wildman–Crippen LogP) is 4.53. The van der Waals surface area contributed by atoms with E-state index in [4.69, 9.17) is 8.85 Å². The average molecular weight is 339 g/mol. The Hall–Kier alpha value is -1.42. The van der Waals surface area contributed by atoms with Crippen LogP contribution in [-0.2, 0) is 15.3 Å². The minimum atomic E-state index is -2.41. The molecule has 0 amide bonds. The molecule has 0 N–H and O–H groups in total. The number of hydrogen-bond acceptors (Lipinski definition) is 2. The van der Waals surface area contributed by atoms with Gasteiger partial charge in [-0.25, -0.2) is 0 Å². The van der Waals surface area contributed by atoms with E-state index < -0.39 is 8.56 Å². The van der Waals surface area contributed by atoms with Gasteiger partial charge >= 0.3 is 8.56 Å². The van der Waals surface area contributed by atoms with Crippen LogP contribution in [-0.4, -0.2) is 22.8 Å². The van der Waals surface area contributed by atoms with Crippen LogP contribution in [0, 0.1) is 0 Å². The Bertz CT molecular complexity index is 730. The maximum atomic E-state index is 6.25. The van der Waals surface area contributed by atoms with Crippen molar-refractivity contribution in [3.05, 3.63) is 53.6 Å². The fourth-order valence-electron chi connectivity index (χ4n) is 4.82. The molecule has 0 bridgehead atoms. The molecule has 2 aliphatic carbocycles. The molecule has 1 fully saturated rings. The van der Waals surface area contributed by atoms with Crippen molar-refractivity contribution >= 4 is 13.7 Å². The van der Waals surface area contributed by atoms with Gasteiger partial charge in [0, 0.05) is 19.8 Å². The van der Waals surface area contributed by atoms with Gasteiger partial charge in [0.15, 0.2) is 0 Å². The molecule has 0 atom stereocenters. The first-order chi connectivity index (χ1) is 11.8. The molecule has 24 heavy (non-hydrogen) atoms. The molecular weight excluding hydrogens is 312 g/mol. The van der Waals surface area contributed by atoms with Crippen molar-refractivity contribution < 1.29 is 8.85 Å². The predicted molar refractivity (Wildman–Crippen MR) is 101 cm³/mol. The third-order valence-corrected chi connectivity index (χ3v) is 10.1. The van der Waals surface area contributed by atoms with E-state index in [1.165, 1.54) is 59.5 Å². The molecule has 4 rings (SSSR count). The topological polar surface area (TPSA) is 18.5 Å². The smallest absolute Gasteiger partial charge is 0.375 e. The van der Waals surface area contributed by atoms with E-state index in [2.05, 4.69) is 42.5 Å². The molecule has 2 aromatic rings. The maximum absolute atomic E-state index is 6.25. The van der Waals surface area contributed by atoms with E-state index in [0.29, 0.717) is 5.54 Å². The number of benzene rings is 2. The van der Waals surface area contributed by atoms with Gasteiger partial charge in [0.1, 0.15) is 0 Å². The molecule has 0 unspecified atom stereocenters. The minimum absolute atomic E-state index is 0.566. The van der Waals surface area contributed by atoms with Crippen molar-refractivity contribution in [1.82, 2.24) is 0 Å². The average Bonchev–Trinajstić information content (AvgIpc) is 3.04. The molecule has 0 saturated heterocycles.